The zero-order valence-corrected chi connectivity index (χ0v) is 23.7. The van der Waals surface area contributed by atoms with Crippen LogP contribution < -0.4 is 16.0 Å². The molecule has 8 nitrogen and oxygen atoms in total. The van der Waals surface area contributed by atoms with Gasteiger partial charge in [0.25, 0.3) is 0 Å². The summed E-state index contributed by atoms with van der Waals surface area (Å²) >= 11 is 6.02. The molecule has 1 unspecified atom stereocenters. The van der Waals surface area contributed by atoms with Crippen molar-refractivity contribution < 1.29 is 23.8 Å². The van der Waals surface area contributed by atoms with Crippen molar-refractivity contribution in [2.45, 2.75) is 87.4 Å². The predicted molar refractivity (Wildman–Crippen MR) is 148 cm³/mol. The van der Waals surface area contributed by atoms with Crippen LogP contribution >= 0.6 is 11.6 Å². The Morgan fingerprint density at radius 1 is 1.29 bits per heavy atom. The van der Waals surface area contributed by atoms with Gasteiger partial charge in [-0.1, -0.05) is 55.9 Å². The minimum Gasteiger partial charge on any atom is -0.453 e. The summed E-state index contributed by atoms with van der Waals surface area (Å²) in [4.78, 5) is 26.6. The lowest BCUT2D eigenvalue weighted by Gasteiger charge is -2.45. The van der Waals surface area contributed by atoms with E-state index in [4.69, 9.17) is 11.6 Å². The highest BCUT2D eigenvalue weighted by molar-refractivity contribution is 6.24. The third kappa shape index (κ3) is 8.85. The number of alkyl carbamates (subject to hydrolysis) is 1. The Balaban J connectivity index is 1.68. The number of rotatable bonds is 11. The zero-order valence-electron chi connectivity index (χ0n) is 22.9. The van der Waals surface area contributed by atoms with Gasteiger partial charge in [0, 0.05) is 44.6 Å². The SMILES string of the molecule is CNC[C@H](CC1CCCCC1)NC(=O)N1CCC[C@@H]([C@@](O)(CCCNC(=O)OC)C2=CC=CC(F)(Cl)C2)C1. The molecule has 1 saturated carbocycles. The van der Waals surface area contributed by atoms with E-state index < -0.39 is 16.8 Å². The molecule has 1 aliphatic heterocycles. The molecule has 3 aliphatic rings. The van der Waals surface area contributed by atoms with E-state index in [1.54, 1.807) is 17.1 Å². The summed E-state index contributed by atoms with van der Waals surface area (Å²) in [7, 11) is 3.20. The Labute approximate surface area is 231 Å². The summed E-state index contributed by atoms with van der Waals surface area (Å²) in [5, 5.41) is 19.1. The first-order chi connectivity index (χ1) is 18.2. The number of carbonyl (C=O) groups is 2. The van der Waals surface area contributed by atoms with Crippen molar-refractivity contribution in [3.05, 3.63) is 23.8 Å². The van der Waals surface area contributed by atoms with E-state index in [-0.39, 0.29) is 24.4 Å². The summed E-state index contributed by atoms with van der Waals surface area (Å²) in [6.07, 6.45) is 13.3. The standard InChI is InChI=1S/C28H46ClFN4O4/c1-31-19-24(17-21-9-4-3-5-10-21)33-25(35)34-16-7-12-23(20-34)28(37,14-8-15-32-26(36)38-2)22-11-6-13-27(29,30)18-22/h6,11,13,21,23-24,31,37H,3-5,7-10,12,14-20H2,1-2H3,(H,32,36)(H,33,35)/t23-,24+,27?,28-/m1/s1. The van der Waals surface area contributed by atoms with Crippen molar-refractivity contribution >= 4 is 23.7 Å². The molecule has 3 amide bonds. The second kappa shape index (κ2) is 14.5. The van der Waals surface area contributed by atoms with E-state index >= 15 is 0 Å². The summed E-state index contributed by atoms with van der Waals surface area (Å²) in [5.41, 5.74) is -0.839. The van der Waals surface area contributed by atoms with Crippen LogP contribution in [-0.4, -0.2) is 79.2 Å². The fourth-order valence-electron chi connectivity index (χ4n) is 6.30. The quantitative estimate of drug-likeness (QED) is 0.220. The van der Waals surface area contributed by atoms with Gasteiger partial charge >= 0.3 is 12.1 Å². The van der Waals surface area contributed by atoms with Crippen LogP contribution in [0.4, 0.5) is 14.0 Å². The number of carbonyl (C=O) groups excluding carboxylic acids is 2. The van der Waals surface area contributed by atoms with Crippen LogP contribution in [0, 0.1) is 11.8 Å². The van der Waals surface area contributed by atoms with Crippen molar-refractivity contribution in [3.63, 3.8) is 0 Å². The maximum atomic E-state index is 14.7. The predicted octanol–water partition coefficient (Wildman–Crippen LogP) is 4.62. The maximum absolute atomic E-state index is 14.7. The van der Waals surface area contributed by atoms with Gasteiger partial charge < -0.3 is 30.7 Å². The number of amides is 3. The molecule has 10 heteroatoms. The molecule has 1 heterocycles. The van der Waals surface area contributed by atoms with Crippen LogP contribution in [0.15, 0.2) is 23.8 Å². The summed E-state index contributed by atoms with van der Waals surface area (Å²) in [6.45, 7) is 2.00. The van der Waals surface area contributed by atoms with Crippen LogP contribution in [0.25, 0.3) is 0 Å². The molecule has 216 valence electrons. The van der Waals surface area contributed by atoms with E-state index in [0.29, 0.717) is 56.9 Å². The monoisotopic (exact) mass is 556 g/mol. The van der Waals surface area contributed by atoms with Gasteiger partial charge in [0.2, 0.25) is 5.13 Å². The topological polar surface area (TPSA) is 103 Å². The molecular formula is C28H46ClFN4O4. The second-order valence-electron chi connectivity index (χ2n) is 11.2. The molecule has 0 spiro atoms. The third-order valence-electron chi connectivity index (χ3n) is 8.31. The van der Waals surface area contributed by atoms with E-state index in [1.807, 2.05) is 7.05 Å². The maximum Gasteiger partial charge on any atom is 0.406 e. The molecule has 4 N–H and O–H groups in total. The first kappa shape index (κ1) is 30.7. The minimum absolute atomic E-state index is 0.0499. The number of likely N-dealkylation sites (tertiary alicyclic amines) is 1. The van der Waals surface area contributed by atoms with Crippen molar-refractivity contribution in [3.8, 4) is 0 Å². The first-order valence-electron chi connectivity index (χ1n) is 14.2. The van der Waals surface area contributed by atoms with Crippen LogP contribution in [0.3, 0.4) is 0 Å². The summed E-state index contributed by atoms with van der Waals surface area (Å²) in [5.74, 6) is 0.356. The van der Waals surface area contributed by atoms with Crippen LogP contribution in [0.1, 0.15) is 70.6 Å². The van der Waals surface area contributed by atoms with Crippen molar-refractivity contribution in [1.29, 1.82) is 0 Å². The minimum atomic E-state index is -2.06. The molecule has 0 bridgehead atoms. The van der Waals surface area contributed by atoms with Gasteiger partial charge in [-0.3, -0.25) is 0 Å². The molecule has 4 atom stereocenters. The second-order valence-corrected chi connectivity index (χ2v) is 11.8. The number of hydrogen-bond acceptors (Lipinski definition) is 5. The Morgan fingerprint density at radius 2 is 2.05 bits per heavy atom. The Bertz CT molecular complexity index is 849. The zero-order chi connectivity index (χ0) is 27.6. The third-order valence-corrected chi connectivity index (χ3v) is 8.57. The largest absolute Gasteiger partial charge is 0.453 e. The van der Waals surface area contributed by atoms with Crippen molar-refractivity contribution in [1.82, 2.24) is 20.9 Å². The molecule has 3 rings (SSSR count). The molecule has 0 aromatic carbocycles. The molecule has 0 radical (unpaired) electrons. The number of allylic oxidation sites excluding steroid dienone is 3. The average Bonchev–Trinajstić information content (AvgIpc) is 2.91. The number of aliphatic hydroxyl groups is 1. The number of ether oxygens (including phenoxy) is 1. The number of nitrogens with zero attached hydrogens (tertiary/aromatic N) is 1. The Hall–Kier alpha value is -1.84. The Morgan fingerprint density at radius 3 is 2.74 bits per heavy atom. The number of urea groups is 1. The molecule has 0 aromatic heterocycles. The van der Waals surface area contributed by atoms with E-state index in [9.17, 15) is 19.1 Å². The number of halogens is 2. The lowest BCUT2D eigenvalue weighted by atomic mass is 9.71. The van der Waals surface area contributed by atoms with Gasteiger partial charge in [0.15, 0.2) is 0 Å². The van der Waals surface area contributed by atoms with E-state index in [2.05, 4.69) is 20.7 Å². The highest BCUT2D eigenvalue weighted by Crippen LogP contribution is 2.43. The number of piperidine rings is 1. The number of nitrogens with one attached hydrogen (secondary N) is 3. The molecule has 2 fully saturated rings. The van der Waals surface area contributed by atoms with Gasteiger partial charge in [-0.05, 0) is 56.7 Å². The fraction of sp³-hybridized carbons (Fsp3) is 0.786. The molecule has 2 aliphatic carbocycles. The van der Waals surface area contributed by atoms with Crippen LogP contribution in [0.5, 0.6) is 0 Å². The number of hydrogen-bond donors (Lipinski definition) is 4. The fourth-order valence-corrected chi connectivity index (χ4v) is 6.52. The van der Waals surface area contributed by atoms with E-state index in [1.165, 1.54) is 45.3 Å². The smallest absolute Gasteiger partial charge is 0.406 e. The van der Waals surface area contributed by atoms with Gasteiger partial charge in [-0.2, -0.15) is 0 Å². The highest BCUT2D eigenvalue weighted by Gasteiger charge is 2.45. The average molecular weight is 557 g/mol. The van der Waals surface area contributed by atoms with Gasteiger partial charge in [0.05, 0.1) is 12.7 Å². The van der Waals surface area contributed by atoms with Gasteiger partial charge in [-0.25, -0.2) is 14.0 Å². The summed E-state index contributed by atoms with van der Waals surface area (Å²) in [6, 6.07) is -0.0657. The van der Waals surface area contributed by atoms with Crippen molar-refractivity contribution in [2.24, 2.45) is 11.8 Å². The number of alkyl halides is 2. The lowest BCUT2D eigenvalue weighted by molar-refractivity contribution is -0.0239. The highest BCUT2D eigenvalue weighted by atomic mass is 35.5. The molecular weight excluding hydrogens is 511 g/mol. The first-order valence-corrected chi connectivity index (χ1v) is 14.6. The van der Waals surface area contributed by atoms with Gasteiger partial charge in [-0.15, -0.1) is 0 Å². The lowest BCUT2D eigenvalue weighted by Crippen LogP contribution is -2.55. The normalized spacial score (nSPS) is 26.7. The van der Waals surface area contributed by atoms with Crippen LogP contribution in [-0.2, 0) is 4.74 Å². The summed E-state index contributed by atoms with van der Waals surface area (Å²) < 4.78 is 19.4. The molecule has 38 heavy (non-hydrogen) atoms. The van der Waals surface area contributed by atoms with Gasteiger partial charge in [0.1, 0.15) is 0 Å². The Kier molecular flexibility index (Phi) is 11.7. The van der Waals surface area contributed by atoms with Crippen molar-refractivity contribution in [2.75, 3.05) is 40.3 Å². The van der Waals surface area contributed by atoms with Crippen LogP contribution in [0.2, 0.25) is 0 Å². The number of methoxy groups -OCH3 is 1. The van der Waals surface area contributed by atoms with E-state index in [0.717, 1.165) is 12.8 Å². The number of likely N-dealkylation sites (N-methyl/N-ethyl adjacent to an activating group) is 1. The molecule has 1 saturated heterocycles. The molecule has 0 aromatic rings.